The number of fused-ring (bicyclic) bond motifs is 1. The standard InChI is InChI=1S/C25H17F3N4O2S/c26-25(27,28)18-4-6-23(24(13-18)32-11-10-30-16-32)22-3-1-2-17-12-20(5-7-21(17)22)35(33,34)14-19-8-9-29-15-31-19/h1-13,15-16H,14H2. The van der Waals surface area contributed by atoms with Crippen molar-refractivity contribution in [2.75, 3.05) is 0 Å². The molecule has 0 atom stereocenters. The zero-order valence-corrected chi connectivity index (χ0v) is 18.8. The molecule has 0 bridgehead atoms. The van der Waals surface area contributed by atoms with Crippen molar-refractivity contribution in [3.05, 3.63) is 103 Å². The monoisotopic (exact) mass is 494 g/mol. The minimum atomic E-state index is -4.50. The Balaban J connectivity index is 1.62. The molecule has 0 N–H and O–H groups in total. The van der Waals surface area contributed by atoms with E-state index in [1.807, 2.05) is 0 Å². The number of nitrogens with zero attached hydrogens (tertiary/aromatic N) is 4. The number of hydrogen-bond donors (Lipinski definition) is 0. The molecule has 2 aromatic heterocycles. The molecule has 0 radical (unpaired) electrons. The number of hydrogen-bond acceptors (Lipinski definition) is 5. The summed E-state index contributed by atoms with van der Waals surface area (Å²) < 4.78 is 67.7. The normalized spacial score (nSPS) is 12.2. The summed E-state index contributed by atoms with van der Waals surface area (Å²) in [7, 11) is -3.68. The highest BCUT2D eigenvalue weighted by molar-refractivity contribution is 7.90. The third-order valence-corrected chi connectivity index (χ3v) is 7.24. The molecule has 0 spiro atoms. The van der Waals surface area contributed by atoms with Gasteiger partial charge in [0.25, 0.3) is 0 Å². The molecule has 0 aliphatic rings. The average Bonchev–Trinajstić information content (AvgIpc) is 3.38. The van der Waals surface area contributed by atoms with Crippen molar-refractivity contribution >= 4 is 20.6 Å². The maximum Gasteiger partial charge on any atom is 0.416 e. The zero-order chi connectivity index (χ0) is 24.6. The van der Waals surface area contributed by atoms with Gasteiger partial charge in [0, 0.05) is 24.2 Å². The summed E-state index contributed by atoms with van der Waals surface area (Å²) in [5.41, 5.74) is 1.13. The molecule has 5 rings (SSSR count). The van der Waals surface area contributed by atoms with E-state index >= 15 is 0 Å². The van der Waals surface area contributed by atoms with Gasteiger partial charge < -0.3 is 4.57 Å². The van der Waals surface area contributed by atoms with E-state index in [2.05, 4.69) is 15.0 Å². The van der Waals surface area contributed by atoms with E-state index in [1.54, 1.807) is 42.6 Å². The van der Waals surface area contributed by atoms with Crippen molar-refractivity contribution in [3.63, 3.8) is 0 Å². The van der Waals surface area contributed by atoms with Crippen LogP contribution in [0.15, 0.2) is 96.8 Å². The van der Waals surface area contributed by atoms with Crippen molar-refractivity contribution < 1.29 is 21.6 Å². The maximum atomic E-state index is 13.4. The molecule has 0 unspecified atom stereocenters. The van der Waals surface area contributed by atoms with Crippen molar-refractivity contribution in [1.29, 1.82) is 0 Å². The van der Waals surface area contributed by atoms with Crippen LogP contribution in [0.5, 0.6) is 0 Å². The molecule has 0 fully saturated rings. The van der Waals surface area contributed by atoms with Crippen LogP contribution in [-0.2, 0) is 21.8 Å². The predicted octanol–water partition coefficient (Wildman–Crippen LogP) is 5.48. The van der Waals surface area contributed by atoms with E-state index in [0.717, 1.165) is 12.1 Å². The molecular formula is C25H17F3N4O2S. The SMILES string of the molecule is O=S(=O)(Cc1ccncn1)c1ccc2c(-c3ccc(C(F)(F)F)cc3-n3ccnc3)cccc2c1. The van der Waals surface area contributed by atoms with E-state index in [0.29, 0.717) is 33.3 Å². The van der Waals surface area contributed by atoms with Crippen LogP contribution >= 0.6 is 0 Å². The molecular weight excluding hydrogens is 477 g/mol. The van der Waals surface area contributed by atoms with E-state index in [-0.39, 0.29) is 10.6 Å². The lowest BCUT2D eigenvalue weighted by molar-refractivity contribution is -0.137. The molecule has 0 aliphatic heterocycles. The lowest BCUT2D eigenvalue weighted by atomic mass is 9.95. The van der Waals surface area contributed by atoms with Gasteiger partial charge in [0.05, 0.1) is 33.9 Å². The fourth-order valence-corrected chi connectivity index (χ4v) is 5.23. The average molecular weight is 494 g/mol. The van der Waals surface area contributed by atoms with Gasteiger partial charge in [0.1, 0.15) is 6.33 Å². The molecule has 0 aliphatic carbocycles. The molecule has 0 amide bonds. The Morgan fingerprint density at radius 1 is 0.886 bits per heavy atom. The summed E-state index contributed by atoms with van der Waals surface area (Å²) in [5.74, 6) is -0.273. The van der Waals surface area contributed by atoms with Crippen LogP contribution in [0.2, 0.25) is 0 Å². The number of halogens is 3. The van der Waals surface area contributed by atoms with E-state index in [1.165, 1.54) is 41.7 Å². The first-order valence-corrected chi connectivity index (χ1v) is 12.1. The number of alkyl halides is 3. The highest BCUT2D eigenvalue weighted by Gasteiger charge is 2.31. The smallest absolute Gasteiger partial charge is 0.306 e. The fraction of sp³-hybridized carbons (Fsp3) is 0.0800. The number of aromatic nitrogens is 4. The molecule has 5 aromatic rings. The van der Waals surface area contributed by atoms with Crippen molar-refractivity contribution in [3.8, 4) is 16.8 Å². The summed E-state index contributed by atoms with van der Waals surface area (Å²) in [6, 6.07) is 15.1. The van der Waals surface area contributed by atoms with Gasteiger partial charge in [0.2, 0.25) is 0 Å². The van der Waals surface area contributed by atoms with Gasteiger partial charge in [-0.25, -0.2) is 23.4 Å². The van der Waals surface area contributed by atoms with Gasteiger partial charge >= 0.3 is 6.18 Å². The fourth-order valence-electron chi connectivity index (χ4n) is 3.92. The van der Waals surface area contributed by atoms with E-state index in [4.69, 9.17) is 0 Å². The molecule has 0 saturated carbocycles. The summed E-state index contributed by atoms with van der Waals surface area (Å²) in [4.78, 5) is 11.9. The predicted molar refractivity (Wildman–Crippen MR) is 124 cm³/mol. The highest BCUT2D eigenvalue weighted by atomic mass is 32.2. The number of benzene rings is 3. The molecule has 3 aromatic carbocycles. The van der Waals surface area contributed by atoms with Crippen molar-refractivity contribution in [2.24, 2.45) is 0 Å². The quantitative estimate of drug-likeness (QED) is 0.324. The van der Waals surface area contributed by atoms with E-state index < -0.39 is 21.6 Å². The van der Waals surface area contributed by atoms with Gasteiger partial charge in [0.15, 0.2) is 9.84 Å². The Morgan fingerprint density at radius 3 is 2.46 bits per heavy atom. The van der Waals surface area contributed by atoms with Crippen molar-refractivity contribution in [2.45, 2.75) is 16.8 Å². The first kappa shape index (κ1) is 22.7. The van der Waals surface area contributed by atoms with Crippen LogP contribution in [-0.4, -0.2) is 27.9 Å². The second kappa shape index (κ2) is 8.62. The van der Waals surface area contributed by atoms with Crippen LogP contribution in [0, 0.1) is 0 Å². The van der Waals surface area contributed by atoms with Crippen LogP contribution in [0.3, 0.4) is 0 Å². The molecule has 10 heteroatoms. The second-order valence-corrected chi connectivity index (χ2v) is 9.84. The van der Waals surface area contributed by atoms with Crippen LogP contribution < -0.4 is 0 Å². The number of sulfone groups is 1. The molecule has 35 heavy (non-hydrogen) atoms. The number of rotatable bonds is 5. The van der Waals surface area contributed by atoms with E-state index in [9.17, 15) is 21.6 Å². The number of imidazole rings is 1. The molecule has 176 valence electrons. The Hall–Kier alpha value is -4.05. The van der Waals surface area contributed by atoms with Gasteiger partial charge in [-0.1, -0.05) is 30.3 Å². The van der Waals surface area contributed by atoms with Crippen molar-refractivity contribution in [1.82, 2.24) is 19.5 Å². The van der Waals surface area contributed by atoms with Gasteiger partial charge in [-0.3, -0.25) is 0 Å². The first-order chi connectivity index (χ1) is 16.7. The van der Waals surface area contributed by atoms with Gasteiger partial charge in [-0.2, -0.15) is 13.2 Å². The Labute approximate surface area is 198 Å². The van der Waals surface area contributed by atoms with Crippen LogP contribution in [0.1, 0.15) is 11.3 Å². The topological polar surface area (TPSA) is 77.7 Å². The minimum absolute atomic E-state index is 0.128. The zero-order valence-electron chi connectivity index (χ0n) is 18.0. The molecule has 2 heterocycles. The van der Waals surface area contributed by atoms with Gasteiger partial charge in [-0.05, 0) is 46.7 Å². The first-order valence-electron chi connectivity index (χ1n) is 10.4. The maximum absolute atomic E-state index is 13.4. The van der Waals surface area contributed by atoms with Crippen LogP contribution in [0.25, 0.3) is 27.6 Å². The summed E-state index contributed by atoms with van der Waals surface area (Å²) >= 11 is 0. The molecule has 0 saturated heterocycles. The minimum Gasteiger partial charge on any atom is -0.306 e. The van der Waals surface area contributed by atoms with Gasteiger partial charge in [-0.15, -0.1) is 0 Å². The molecule has 6 nitrogen and oxygen atoms in total. The Kier molecular flexibility index (Phi) is 5.60. The highest BCUT2D eigenvalue weighted by Crippen LogP contribution is 2.38. The van der Waals surface area contributed by atoms with Crippen LogP contribution in [0.4, 0.5) is 13.2 Å². The summed E-state index contributed by atoms with van der Waals surface area (Å²) in [6.45, 7) is 0. The third kappa shape index (κ3) is 4.52. The second-order valence-electron chi connectivity index (χ2n) is 7.85. The Bertz CT molecular complexity index is 1620. The Morgan fingerprint density at radius 2 is 1.74 bits per heavy atom. The largest absolute Gasteiger partial charge is 0.416 e. The summed E-state index contributed by atoms with van der Waals surface area (Å²) in [6.07, 6.45) is 2.76. The lowest BCUT2D eigenvalue weighted by Crippen LogP contribution is -2.07. The summed E-state index contributed by atoms with van der Waals surface area (Å²) in [5, 5.41) is 1.34. The lowest BCUT2D eigenvalue weighted by Gasteiger charge is -2.16. The third-order valence-electron chi connectivity index (χ3n) is 5.59.